The summed E-state index contributed by atoms with van der Waals surface area (Å²) in [6.45, 7) is 0.423. The van der Waals surface area contributed by atoms with Crippen LogP contribution in [-0.4, -0.2) is 37.6 Å². The van der Waals surface area contributed by atoms with E-state index < -0.39 is 0 Å². The standard InChI is InChI=1S/C17H23NO2/c1-18(2)16(11-10-14-7-4-3-5-8-14)13-15-9-6-12-20-17(15)19/h3-9,15-16H,10-13H2,1-2H3. The highest BCUT2D eigenvalue weighted by Crippen LogP contribution is 2.20. The van der Waals surface area contributed by atoms with Crippen molar-refractivity contribution in [3.05, 3.63) is 48.0 Å². The second-order valence-electron chi connectivity index (χ2n) is 5.54. The predicted molar refractivity (Wildman–Crippen MR) is 80.4 cm³/mol. The van der Waals surface area contributed by atoms with Crippen LogP contribution in [0, 0.1) is 5.92 Å². The van der Waals surface area contributed by atoms with Crippen LogP contribution in [0.2, 0.25) is 0 Å². The number of carbonyl (C=O) groups is 1. The number of aryl methyl sites for hydroxylation is 1. The summed E-state index contributed by atoms with van der Waals surface area (Å²) in [5.74, 6) is -0.175. The molecule has 0 N–H and O–H groups in total. The minimum absolute atomic E-state index is 0.0842. The Bertz CT molecular complexity index is 453. The quantitative estimate of drug-likeness (QED) is 0.589. The van der Waals surface area contributed by atoms with Crippen molar-refractivity contribution in [2.24, 2.45) is 5.92 Å². The highest BCUT2D eigenvalue weighted by atomic mass is 16.5. The summed E-state index contributed by atoms with van der Waals surface area (Å²) in [5, 5.41) is 0. The van der Waals surface area contributed by atoms with E-state index in [0.717, 1.165) is 19.3 Å². The maximum Gasteiger partial charge on any atom is 0.313 e. The fraction of sp³-hybridized carbons (Fsp3) is 0.471. The summed E-state index contributed by atoms with van der Waals surface area (Å²) in [5.41, 5.74) is 1.35. The van der Waals surface area contributed by atoms with Crippen molar-refractivity contribution in [2.75, 3.05) is 20.7 Å². The van der Waals surface area contributed by atoms with Gasteiger partial charge in [-0.1, -0.05) is 42.5 Å². The molecule has 1 heterocycles. The number of cyclic esters (lactones) is 1. The molecular formula is C17H23NO2. The van der Waals surface area contributed by atoms with Gasteiger partial charge in [-0.05, 0) is 38.9 Å². The van der Waals surface area contributed by atoms with E-state index in [4.69, 9.17) is 4.74 Å². The highest BCUT2D eigenvalue weighted by Gasteiger charge is 2.24. The molecule has 3 nitrogen and oxygen atoms in total. The van der Waals surface area contributed by atoms with Crippen LogP contribution in [0.4, 0.5) is 0 Å². The first-order valence-corrected chi connectivity index (χ1v) is 7.20. The number of esters is 1. The Morgan fingerprint density at radius 1 is 1.30 bits per heavy atom. The zero-order chi connectivity index (χ0) is 14.4. The van der Waals surface area contributed by atoms with Crippen LogP contribution in [0.25, 0.3) is 0 Å². The molecule has 1 aromatic carbocycles. The van der Waals surface area contributed by atoms with Crippen LogP contribution >= 0.6 is 0 Å². The molecule has 1 aliphatic rings. The van der Waals surface area contributed by atoms with Crippen LogP contribution in [0.5, 0.6) is 0 Å². The zero-order valence-corrected chi connectivity index (χ0v) is 12.3. The van der Waals surface area contributed by atoms with E-state index in [1.807, 2.05) is 18.2 Å². The summed E-state index contributed by atoms with van der Waals surface area (Å²) in [6.07, 6.45) is 6.85. The molecule has 3 heteroatoms. The maximum atomic E-state index is 11.7. The molecule has 0 aromatic heterocycles. The van der Waals surface area contributed by atoms with E-state index in [2.05, 4.69) is 43.3 Å². The number of ether oxygens (including phenoxy) is 1. The van der Waals surface area contributed by atoms with Gasteiger partial charge in [0.15, 0.2) is 0 Å². The van der Waals surface area contributed by atoms with E-state index in [1.165, 1.54) is 5.56 Å². The first-order chi connectivity index (χ1) is 9.66. The van der Waals surface area contributed by atoms with Crippen molar-refractivity contribution in [2.45, 2.75) is 25.3 Å². The molecule has 108 valence electrons. The average molecular weight is 273 g/mol. The Balaban J connectivity index is 1.92. The first-order valence-electron chi connectivity index (χ1n) is 7.20. The number of hydrogen-bond donors (Lipinski definition) is 0. The molecule has 2 atom stereocenters. The van der Waals surface area contributed by atoms with Crippen molar-refractivity contribution >= 4 is 5.97 Å². The third-order valence-corrected chi connectivity index (χ3v) is 3.86. The molecule has 1 aliphatic heterocycles. The summed E-state index contributed by atoms with van der Waals surface area (Å²) in [7, 11) is 4.15. The van der Waals surface area contributed by atoms with Gasteiger partial charge >= 0.3 is 5.97 Å². The largest absolute Gasteiger partial charge is 0.461 e. The van der Waals surface area contributed by atoms with Gasteiger partial charge < -0.3 is 9.64 Å². The van der Waals surface area contributed by atoms with Gasteiger partial charge in [-0.2, -0.15) is 0 Å². The molecule has 2 unspecified atom stereocenters. The van der Waals surface area contributed by atoms with Crippen molar-refractivity contribution in [3.8, 4) is 0 Å². The Morgan fingerprint density at radius 3 is 2.70 bits per heavy atom. The molecule has 0 amide bonds. The van der Waals surface area contributed by atoms with Gasteiger partial charge in [0.05, 0.1) is 5.92 Å². The summed E-state index contributed by atoms with van der Waals surface area (Å²) in [6, 6.07) is 10.9. The predicted octanol–water partition coefficient (Wildman–Crippen LogP) is 2.67. The van der Waals surface area contributed by atoms with E-state index in [9.17, 15) is 4.79 Å². The van der Waals surface area contributed by atoms with Crippen LogP contribution in [0.1, 0.15) is 18.4 Å². The van der Waals surface area contributed by atoms with Crippen LogP contribution in [0.3, 0.4) is 0 Å². The van der Waals surface area contributed by atoms with E-state index in [-0.39, 0.29) is 11.9 Å². The summed E-state index contributed by atoms with van der Waals surface area (Å²) >= 11 is 0. The lowest BCUT2D eigenvalue weighted by atomic mass is 9.93. The van der Waals surface area contributed by atoms with Gasteiger partial charge in [-0.3, -0.25) is 4.79 Å². The molecule has 0 spiro atoms. The van der Waals surface area contributed by atoms with Crippen molar-refractivity contribution in [1.29, 1.82) is 0 Å². The van der Waals surface area contributed by atoms with Crippen molar-refractivity contribution in [1.82, 2.24) is 4.90 Å². The minimum atomic E-state index is -0.0908. The van der Waals surface area contributed by atoms with Gasteiger partial charge in [0.2, 0.25) is 0 Å². The number of carbonyl (C=O) groups excluding carboxylic acids is 1. The van der Waals surface area contributed by atoms with Gasteiger partial charge in [-0.25, -0.2) is 0 Å². The van der Waals surface area contributed by atoms with Crippen LogP contribution in [0.15, 0.2) is 42.5 Å². The molecule has 0 radical (unpaired) electrons. The topological polar surface area (TPSA) is 29.5 Å². The summed E-state index contributed by atoms with van der Waals surface area (Å²) in [4.78, 5) is 13.9. The van der Waals surface area contributed by atoms with Crippen LogP contribution < -0.4 is 0 Å². The lowest BCUT2D eigenvalue weighted by Crippen LogP contribution is -2.33. The average Bonchev–Trinajstić information content (AvgIpc) is 2.46. The van der Waals surface area contributed by atoms with Gasteiger partial charge in [0, 0.05) is 6.04 Å². The molecule has 0 bridgehead atoms. The first kappa shape index (κ1) is 14.8. The Kier molecular flexibility index (Phi) is 5.36. The summed E-state index contributed by atoms with van der Waals surface area (Å²) < 4.78 is 5.09. The van der Waals surface area contributed by atoms with E-state index >= 15 is 0 Å². The Morgan fingerprint density at radius 2 is 2.05 bits per heavy atom. The normalized spacial score (nSPS) is 19.9. The third-order valence-electron chi connectivity index (χ3n) is 3.86. The molecule has 1 aromatic rings. The Hall–Kier alpha value is -1.61. The smallest absolute Gasteiger partial charge is 0.313 e. The second-order valence-corrected chi connectivity index (χ2v) is 5.54. The van der Waals surface area contributed by atoms with Crippen molar-refractivity contribution in [3.63, 3.8) is 0 Å². The molecular weight excluding hydrogens is 250 g/mol. The monoisotopic (exact) mass is 273 g/mol. The fourth-order valence-electron chi connectivity index (χ4n) is 2.57. The number of benzene rings is 1. The molecule has 20 heavy (non-hydrogen) atoms. The number of rotatable bonds is 6. The van der Waals surface area contributed by atoms with E-state index in [0.29, 0.717) is 12.6 Å². The molecule has 2 rings (SSSR count). The Labute approximate surface area is 121 Å². The lowest BCUT2D eigenvalue weighted by molar-refractivity contribution is -0.147. The maximum absolute atomic E-state index is 11.7. The number of hydrogen-bond acceptors (Lipinski definition) is 3. The lowest BCUT2D eigenvalue weighted by Gasteiger charge is -2.27. The highest BCUT2D eigenvalue weighted by molar-refractivity contribution is 5.75. The fourth-order valence-corrected chi connectivity index (χ4v) is 2.57. The van der Waals surface area contributed by atoms with Crippen molar-refractivity contribution < 1.29 is 9.53 Å². The second kappa shape index (κ2) is 7.25. The molecule has 0 aliphatic carbocycles. The van der Waals surface area contributed by atoms with Gasteiger partial charge in [-0.15, -0.1) is 0 Å². The molecule has 0 saturated heterocycles. The van der Waals surface area contributed by atoms with Crippen LogP contribution in [-0.2, 0) is 16.0 Å². The third kappa shape index (κ3) is 4.20. The minimum Gasteiger partial charge on any atom is -0.461 e. The van der Waals surface area contributed by atoms with Gasteiger partial charge in [0.25, 0.3) is 0 Å². The molecule has 0 fully saturated rings. The van der Waals surface area contributed by atoms with E-state index in [1.54, 1.807) is 0 Å². The SMILES string of the molecule is CN(C)C(CCc1ccccc1)CC1C=CCOC1=O. The number of nitrogens with zero attached hydrogens (tertiary/aromatic N) is 1. The zero-order valence-electron chi connectivity index (χ0n) is 12.3. The molecule has 0 saturated carbocycles. The van der Waals surface area contributed by atoms with Gasteiger partial charge in [0.1, 0.15) is 6.61 Å².